The third kappa shape index (κ3) is 3.85. The highest BCUT2D eigenvalue weighted by Crippen LogP contribution is 1.98. The van der Waals surface area contributed by atoms with Crippen LogP contribution in [0.1, 0.15) is 19.5 Å². The maximum atomic E-state index is 5.86. The molecule has 1 atom stereocenters. The molecule has 5 heteroatoms. The molecule has 0 aliphatic heterocycles. The van der Waals surface area contributed by atoms with Crippen molar-refractivity contribution >= 4 is 0 Å². The largest absolute Gasteiger partial charge is 0.377 e. The Hall–Kier alpha value is -0.940. The summed E-state index contributed by atoms with van der Waals surface area (Å²) in [5.74, 6) is 0. The van der Waals surface area contributed by atoms with Gasteiger partial charge in [-0.2, -0.15) is 0 Å². The lowest BCUT2D eigenvalue weighted by atomic mass is 10.2. The summed E-state index contributed by atoms with van der Waals surface area (Å²) >= 11 is 0. The normalized spacial score (nSPS) is 13.5. The van der Waals surface area contributed by atoms with Gasteiger partial charge in [0.2, 0.25) is 0 Å². The number of nitrogens with two attached hydrogens (primary N) is 1. The maximum Gasteiger partial charge on any atom is 0.0843 e. The van der Waals surface area contributed by atoms with Gasteiger partial charge >= 0.3 is 0 Å². The van der Waals surface area contributed by atoms with Gasteiger partial charge in [-0.05, 0) is 13.8 Å². The van der Waals surface area contributed by atoms with E-state index in [1.165, 1.54) is 0 Å². The average Bonchev–Trinajstić information content (AvgIpc) is 2.48. The second-order valence-corrected chi connectivity index (χ2v) is 3.73. The van der Waals surface area contributed by atoms with Crippen LogP contribution in [0.3, 0.4) is 0 Å². The van der Waals surface area contributed by atoms with Crippen LogP contribution in [-0.2, 0) is 18.2 Å². The fourth-order valence-corrected chi connectivity index (χ4v) is 1.13. The SMILES string of the molecule is CC(C)OCC(N)Cc1cn(C)nn1. The molecule has 0 amide bonds. The molecule has 0 spiro atoms. The molecular weight excluding hydrogens is 180 g/mol. The predicted octanol–water partition coefficient (Wildman–Crippen LogP) is 0.110. The number of hydrogen-bond acceptors (Lipinski definition) is 4. The van der Waals surface area contributed by atoms with Crippen LogP contribution >= 0.6 is 0 Å². The molecule has 0 saturated carbocycles. The Kier molecular flexibility index (Phi) is 4.03. The van der Waals surface area contributed by atoms with Gasteiger partial charge in [-0.25, -0.2) is 0 Å². The monoisotopic (exact) mass is 198 g/mol. The third-order valence-corrected chi connectivity index (χ3v) is 1.77. The van der Waals surface area contributed by atoms with Crippen LogP contribution < -0.4 is 5.73 Å². The molecule has 80 valence electrons. The Balaban J connectivity index is 2.30. The fourth-order valence-electron chi connectivity index (χ4n) is 1.13. The minimum atomic E-state index is -0.00546. The van der Waals surface area contributed by atoms with Gasteiger partial charge in [0.1, 0.15) is 0 Å². The lowest BCUT2D eigenvalue weighted by Gasteiger charge is -2.12. The lowest BCUT2D eigenvalue weighted by molar-refractivity contribution is 0.0682. The molecule has 1 aromatic rings. The van der Waals surface area contributed by atoms with Crippen LogP contribution in [0.25, 0.3) is 0 Å². The first-order chi connectivity index (χ1) is 6.58. The second-order valence-electron chi connectivity index (χ2n) is 3.73. The number of nitrogens with zero attached hydrogens (tertiary/aromatic N) is 3. The van der Waals surface area contributed by atoms with E-state index in [-0.39, 0.29) is 12.1 Å². The van der Waals surface area contributed by atoms with Crippen molar-refractivity contribution in [2.24, 2.45) is 12.8 Å². The first-order valence-electron chi connectivity index (χ1n) is 4.80. The van der Waals surface area contributed by atoms with Crippen LogP contribution in [-0.4, -0.2) is 33.7 Å². The highest BCUT2D eigenvalue weighted by Gasteiger charge is 2.07. The van der Waals surface area contributed by atoms with Gasteiger partial charge < -0.3 is 10.5 Å². The van der Waals surface area contributed by atoms with Crippen molar-refractivity contribution in [1.82, 2.24) is 15.0 Å². The van der Waals surface area contributed by atoms with Gasteiger partial charge in [-0.15, -0.1) is 5.10 Å². The molecule has 2 N–H and O–H groups in total. The number of hydrogen-bond donors (Lipinski definition) is 1. The molecule has 0 bridgehead atoms. The number of aryl methyl sites for hydroxylation is 1. The van der Waals surface area contributed by atoms with E-state index >= 15 is 0 Å². The first kappa shape index (κ1) is 11.1. The summed E-state index contributed by atoms with van der Waals surface area (Å²) < 4.78 is 7.07. The van der Waals surface area contributed by atoms with Gasteiger partial charge in [0.25, 0.3) is 0 Å². The van der Waals surface area contributed by atoms with E-state index in [4.69, 9.17) is 10.5 Å². The predicted molar refractivity (Wildman–Crippen MR) is 53.8 cm³/mol. The van der Waals surface area contributed by atoms with Crippen molar-refractivity contribution in [2.75, 3.05) is 6.61 Å². The number of rotatable bonds is 5. The summed E-state index contributed by atoms with van der Waals surface area (Å²) in [4.78, 5) is 0. The minimum absolute atomic E-state index is 0.00546. The van der Waals surface area contributed by atoms with E-state index < -0.39 is 0 Å². The summed E-state index contributed by atoms with van der Waals surface area (Å²) in [6.07, 6.45) is 2.80. The molecule has 1 unspecified atom stereocenters. The van der Waals surface area contributed by atoms with Gasteiger partial charge in [-0.1, -0.05) is 5.21 Å². The Morgan fingerprint density at radius 3 is 2.79 bits per heavy atom. The van der Waals surface area contributed by atoms with Crippen molar-refractivity contribution in [3.63, 3.8) is 0 Å². The first-order valence-corrected chi connectivity index (χ1v) is 4.80. The highest BCUT2D eigenvalue weighted by molar-refractivity contribution is 4.94. The van der Waals surface area contributed by atoms with E-state index in [9.17, 15) is 0 Å². The average molecular weight is 198 g/mol. The van der Waals surface area contributed by atoms with Crippen LogP contribution in [0.15, 0.2) is 6.20 Å². The molecule has 0 saturated heterocycles. The van der Waals surface area contributed by atoms with Crippen LogP contribution in [0, 0.1) is 0 Å². The Morgan fingerprint density at radius 2 is 2.29 bits per heavy atom. The lowest BCUT2D eigenvalue weighted by Crippen LogP contribution is -2.30. The van der Waals surface area contributed by atoms with E-state index in [1.54, 1.807) is 4.68 Å². The molecule has 1 rings (SSSR count). The van der Waals surface area contributed by atoms with E-state index in [1.807, 2.05) is 27.1 Å². The number of ether oxygens (including phenoxy) is 1. The van der Waals surface area contributed by atoms with Crippen molar-refractivity contribution in [3.05, 3.63) is 11.9 Å². The quantitative estimate of drug-likeness (QED) is 0.729. The molecular formula is C9H18N4O. The standard InChI is InChI=1S/C9H18N4O/c1-7(2)14-6-8(10)4-9-5-13(3)12-11-9/h5,7-8H,4,6,10H2,1-3H3. The van der Waals surface area contributed by atoms with Crippen LogP contribution in [0.2, 0.25) is 0 Å². The van der Waals surface area contributed by atoms with Crippen LogP contribution in [0.4, 0.5) is 0 Å². The highest BCUT2D eigenvalue weighted by atomic mass is 16.5. The Labute approximate surface area is 84.2 Å². The maximum absolute atomic E-state index is 5.86. The van der Waals surface area contributed by atoms with E-state index in [0.29, 0.717) is 13.0 Å². The Morgan fingerprint density at radius 1 is 1.57 bits per heavy atom. The molecule has 1 aromatic heterocycles. The minimum Gasteiger partial charge on any atom is -0.377 e. The molecule has 1 heterocycles. The summed E-state index contributed by atoms with van der Waals surface area (Å²) in [6, 6.07) is -0.00546. The van der Waals surface area contributed by atoms with E-state index in [2.05, 4.69) is 10.3 Å². The summed E-state index contributed by atoms with van der Waals surface area (Å²) in [5.41, 5.74) is 6.77. The van der Waals surface area contributed by atoms with Crippen molar-refractivity contribution in [3.8, 4) is 0 Å². The molecule has 0 aliphatic carbocycles. The molecule has 0 radical (unpaired) electrons. The molecule has 14 heavy (non-hydrogen) atoms. The zero-order valence-corrected chi connectivity index (χ0v) is 8.97. The molecule has 0 fully saturated rings. The van der Waals surface area contributed by atoms with Crippen molar-refractivity contribution < 1.29 is 4.74 Å². The zero-order chi connectivity index (χ0) is 10.6. The number of aromatic nitrogens is 3. The van der Waals surface area contributed by atoms with Gasteiger partial charge in [0.15, 0.2) is 0 Å². The molecule has 0 aliphatic rings. The van der Waals surface area contributed by atoms with Gasteiger partial charge in [0.05, 0.1) is 18.4 Å². The van der Waals surface area contributed by atoms with Gasteiger partial charge in [-0.3, -0.25) is 4.68 Å². The summed E-state index contributed by atoms with van der Waals surface area (Å²) in [5, 5.41) is 7.80. The second kappa shape index (κ2) is 5.07. The summed E-state index contributed by atoms with van der Waals surface area (Å²) in [7, 11) is 1.84. The zero-order valence-electron chi connectivity index (χ0n) is 8.97. The van der Waals surface area contributed by atoms with Crippen LogP contribution in [0.5, 0.6) is 0 Å². The molecule has 5 nitrogen and oxygen atoms in total. The molecule has 0 aromatic carbocycles. The summed E-state index contributed by atoms with van der Waals surface area (Å²) in [6.45, 7) is 4.55. The smallest absolute Gasteiger partial charge is 0.0843 e. The van der Waals surface area contributed by atoms with E-state index in [0.717, 1.165) is 5.69 Å². The third-order valence-electron chi connectivity index (χ3n) is 1.77. The van der Waals surface area contributed by atoms with Gasteiger partial charge in [0, 0.05) is 25.7 Å². The Bertz CT molecular complexity index is 272. The van der Waals surface area contributed by atoms with Crippen molar-refractivity contribution in [2.45, 2.75) is 32.4 Å². The fraction of sp³-hybridized carbons (Fsp3) is 0.778. The topological polar surface area (TPSA) is 66.0 Å². The van der Waals surface area contributed by atoms with Crippen molar-refractivity contribution in [1.29, 1.82) is 0 Å².